The van der Waals surface area contributed by atoms with Crippen molar-refractivity contribution in [1.82, 2.24) is 10.1 Å². The topological polar surface area (TPSA) is 70.9 Å². The summed E-state index contributed by atoms with van der Waals surface area (Å²) in [4.78, 5) is 15.2. The smallest absolute Gasteiger partial charge is 0.229 e. The van der Waals surface area contributed by atoms with Gasteiger partial charge in [-0.2, -0.15) is 0 Å². The van der Waals surface area contributed by atoms with Crippen LogP contribution in [-0.2, 0) is 11.2 Å². The van der Waals surface area contributed by atoms with Crippen molar-refractivity contribution >= 4 is 22.5 Å². The van der Waals surface area contributed by atoms with E-state index in [1.165, 1.54) is 0 Å². The summed E-state index contributed by atoms with van der Waals surface area (Å²) in [5.41, 5.74) is 3.39. The van der Waals surface area contributed by atoms with E-state index in [1.54, 1.807) is 0 Å². The summed E-state index contributed by atoms with van der Waals surface area (Å²) in [5.74, 6) is 0.614. The van der Waals surface area contributed by atoms with Crippen molar-refractivity contribution in [2.45, 2.75) is 20.3 Å². The normalized spacial score (nSPS) is 10.9. The van der Waals surface area contributed by atoms with E-state index < -0.39 is 0 Å². The van der Waals surface area contributed by atoms with Crippen LogP contribution in [0.3, 0.4) is 0 Å². The highest BCUT2D eigenvalue weighted by atomic mass is 16.5. The van der Waals surface area contributed by atoms with Gasteiger partial charge in [0.05, 0.1) is 12.1 Å². The largest absolute Gasteiger partial charge is 0.361 e. The molecule has 3 rings (SSSR count). The molecule has 0 saturated heterocycles. The second-order valence-electron chi connectivity index (χ2n) is 4.81. The number of amides is 1. The monoisotopic (exact) mass is 269 g/mol. The number of nitrogens with one attached hydrogen (secondary N) is 2. The molecule has 0 bridgehead atoms. The van der Waals surface area contributed by atoms with Crippen molar-refractivity contribution in [2.75, 3.05) is 5.32 Å². The lowest BCUT2D eigenvalue weighted by Crippen LogP contribution is -2.15. The van der Waals surface area contributed by atoms with Crippen molar-refractivity contribution in [2.24, 2.45) is 0 Å². The maximum Gasteiger partial charge on any atom is 0.229 e. The molecule has 2 aromatic heterocycles. The fourth-order valence-electron chi connectivity index (χ4n) is 2.25. The molecule has 0 fully saturated rings. The van der Waals surface area contributed by atoms with Crippen molar-refractivity contribution in [3.05, 3.63) is 47.5 Å². The minimum atomic E-state index is -0.0784. The van der Waals surface area contributed by atoms with Crippen molar-refractivity contribution in [3.63, 3.8) is 0 Å². The number of rotatable bonds is 3. The van der Waals surface area contributed by atoms with Crippen LogP contribution in [0.25, 0.3) is 10.9 Å². The first-order chi connectivity index (χ1) is 9.63. The zero-order chi connectivity index (χ0) is 14.1. The number of anilines is 1. The molecule has 2 heterocycles. The molecule has 2 N–H and O–H groups in total. The summed E-state index contributed by atoms with van der Waals surface area (Å²) < 4.78 is 5.06. The van der Waals surface area contributed by atoms with Crippen LogP contribution in [0.1, 0.15) is 17.0 Å². The molecule has 0 atom stereocenters. The summed E-state index contributed by atoms with van der Waals surface area (Å²) in [5, 5.41) is 7.86. The van der Waals surface area contributed by atoms with E-state index >= 15 is 0 Å². The van der Waals surface area contributed by atoms with Gasteiger partial charge in [0.1, 0.15) is 5.76 Å². The number of benzene rings is 1. The first-order valence-electron chi connectivity index (χ1n) is 6.42. The Labute approximate surface area is 116 Å². The molecular weight excluding hydrogens is 254 g/mol. The lowest BCUT2D eigenvalue weighted by atomic mass is 10.1. The van der Waals surface area contributed by atoms with E-state index in [-0.39, 0.29) is 12.3 Å². The average Bonchev–Trinajstić information content (AvgIpc) is 3.00. The molecule has 0 aliphatic carbocycles. The highest BCUT2D eigenvalue weighted by Gasteiger charge is 2.13. The lowest BCUT2D eigenvalue weighted by Gasteiger charge is -2.05. The van der Waals surface area contributed by atoms with Gasteiger partial charge in [-0.25, -0.2) is 0 Å². The van der Waals surface area contributed by atoms with Crippen LogP contribution in [0.4, 0.5) is 5.69 Å². The summed E-state index contributed by atoms with van der Waals surface area (Å²) in [6.07, 6.45) is 2.14. The number of fused-ring (bicyclic) bond motifs is 1. The number of hydrogen-bond donors (Lipinski definition) is 2. The number of H-pyrrole nitrogens is 1. The molecule has 0 radical (unpaired) electrons. The minimum Gasteiger partial charge on any atom is -0.361 e. The van der Waals surface area contributed by atoms with Crippen molar-refractivity contribution < 1.29 is 9.32 Å². The Balaban J connectivity index is 1.75. The molecule has 0 spiro atoms. The van der Waals surface area contributed by atoms with Gasteiger partial charge in [-0.3, -0.25) is 4.79 Å². The predicted octanol–water partition coefficient (Wildman–Crippen LogP) is 2.95. The molecule has 1 amide bonds. The third-order valence-electron chi connectivity index (χ3n) is 3.36. The average molecular weight is 269 g/mol. The number of aromatic amines is 1. The Morgan fingerprint density at radius 3 is 2.95 bits per heavy atom. The number of nitrogens with zero attached hydrogens (tertiary/aromatic N) is 1. The number of hydrogen-bond acceptors (Lipinski definition) is 3. The summed E-state index contributed by atoms with van der Waals surface area (Å²) in [6.45, 7) is 3.65. The van der Waals surface area contributed by atoms with Gasteiger partial charge >= 0.3 is 0 Å². The van der Waals surface area contributed by atoms with Gasteiger partial charge in [-0.05, 0) is 37.4 Å². The highest BCUT2D eigenvalue weighted by Crippen LogP contribution is 2.18. The van der Waals surface area contributed by atoms with E-state index in [4.69, 9.17) is 4.52 Å². The number of aryl methyl sites for hydroxylation is 2. The van der Waals surface area contributed by atoms with Gasteiger partial charge in [-0.15, -0.1) is 0 Å². The Bertz CT molecular complexity index is 751. The summed E-state index contributed by atoms with van der Waals surface area (Å²) in [6, 6.07) is 7.77. The molecule has 102 valence electrons. The lowest BCUT2D eigenvalue weighted by molar-refractivity contribution is -0.115. The number of aromatic nitrogens is 2. The van der Waals surface area contributed by atoms with E-state index in [9.17, 15) is 4.79 Å². The van der Waals surface area contributed by atoms with Gasteiger partial charge in [0.2, 0.25) is 5.91 Å². The molecule has 20 heavy (non-hydrogen) atoms. The zero-order valence-electron chi connectivity index (χ0n) is 11.4. The second-order valence-corrected chi connectivity index (χ2v) is 4.81. The third-order valence-corrected chi connectivity index (χ3v) is 3.36. The molecule has 5 nitrogen and oxygen atoms in total. The van der Waals surface area contributed by atoms with E-state index in [2.05, 4.69) is 15.5 Å². The fraction of sp³-hybridized carbons (Fsp3) is 0.200. The molecule has 1 aromatic carbocycles. The van der Waals surface area contributed by atoms with Crippen molar-refractivity contribution in [3.8, 4) is 0 Å². The molecule has 5 heteroatoms. The van der Waals surface area contributed by atoms with Gasteiger partial charge in [0, 0.05) is 23.0 Å². The van der Waals surface area contributed by atoms with Gasteiger partial charge < -0.3 is 14.8 Å². The minimum absolute atomic E-state index is 0.0784. The van der Waals surface area contributed by atoms with Crippen LogP contribution in [-0.4, -0.2) is 16.0 Å². The summed E-state index contributed by atoms with van der Waals surface area (Å²) in [7, 11) is 0. The first kappa shape index (κ1) is 12.5. The Morgan fingerprint density at radius 2 is 2.20 bits per heavy atom. The Morgan fingerprint density at radius 1 is 1.35 bits per heavy atom. The van der Waals surface area contributed by atoms with E-state index in [0.717, 1.165) is 27.8 Å². The Kier molecular flexibility index (Phi) is 3.02. The van der Waals surface area contributed by atoms with Gasteiger partial charge in [-0.1, -0.05) is 11.2 Å². The van der Waals surface area contributed by atoms with Gasteiger partial charge in [0.25, 0.3) is 0 Å². The van der Waals surface area contributed by atoms with Gasteiger partial charge in [0.15, 0.2) is 0 Å². The summed E-state index contributed by atoms with van der Waals surface area (Å²) >= 11 is 0. The molecule has 0 unspecified atom stereocenters. The predicted molar refractivity (Wildman–Crippen MR) is 76.6 cm³/mol. The third kappa shape index (κ3) is 2.30. The molecule has 3 aromatic rings. The van der Waals surface area contributed by atoms with E-state index in [0.29, 0.717) is 5.76 Å². The van der Waals surface area contributed by atoms with Crippen LogP contribution in [0.2, 0.25) is 0 Å². The number of carbonyl (C=O) groups is 1. The quantitative estimate of drug-likeness (QED) is 0.768. The highest BCUT2D eigenvalue weighted by molar-refractivity contribution is 5.94. The molecule has 0 aliphatic heterocycles. The molecular formula is C15H15N3O2. The zero-order valence-corrected chi connectivity index (χ0v) is 11.4. The van der Waals surface area contributed by atoms with Crippen LogP contribution in [0.15, 0.2) is 35.0 Å². The second kappa shape index (κ2) is 4.85. The maximum absolute atomic E-state index is 12.1. The molecule has 0 aliphatic rings. The Hall–Kier alpha value is -2.56. The van der Waals surface area contributed by atoms with Crippen LogP contribution in [0.5, 0.6) is 0 Å². The van der Waals surface area contributed by atoms with Crippen LogP contribution in [0, 0.1) is 13.8 Å². The SMILES string of the molecule is Cc1noc(C)c1CC(=O)Nc1ccc2cc[nH]c2c1. The molecule has 0 saturated carbocycles. The standard InChI is InChI=1S/C15H15N3O2/c1-9-13(10(2)20-18-9)8-15(19)17-12-4-3-11-5-6-16-14(11)7-12/h3-7,16H,8H2,1-2H3,(H,17,19). The van der Waals surface area contributed by atoms with E-state index in [1.807, 2.05) is 44.3 Å². The maximum atomic E-state index is 12.1. The fourth-order valence-corrected chi connectivity index (χ4v) is 2.25. The first-order valence-corrected chi connectivity index (χ1v) is 6.42. The van der Waals surface area contributed by atoms with Crippen LogP contribution < -0.4 is 5.32 Å². The number of carbonyl (C=O) groups excluding carboxylic acids is 1. The van der Waals surface area contributed by atoms with Crippen LogP contribution >= 0.6 is 0 Å². The van der Waals surface area contributed by atoms with Crippen molar-refractivity contribution in [1.29, 1.82) is 0 Å².